The number of hydrogen-bond donors (Lipinski definition) is 0. The van der Waals surface area contributed by atoms with Crippen LogP contribution >= 0.6 is 0 Å². The van der Waals surface area contributed by atoms with Crippen LogP contribution in [-0.4, -0.2) is 39.7 Å². The van der Waals surface area contributed by atoms with Gasteiger partial charge in [-0.3, -0.25) is 4.79 Å². The molecule has 1 aromatic rings. The summed E-state index contributed by atoms with van der Waals surface area (Å²) in [5.41, 5.74) is 5.22. The lowest BCUT2D eigenvalue weighted by atomic mass is 9.72. The van der Waals surface area contributed by atoms with Gasteiger partial charge in [0.2, 0.25) is 11.5 Å². The van der Waals surface area contributed by atoms with Crippen LogP contribution in [-0.2, 0) is 9.53 Å². The summed E-state index contributed by atoms with van der Waals surface area (Å²) >= 11 is 0. The molecule has 0 heterocycles. The molecule has 0 spiro atoms. The van der Waals surface area contributed by atoms with Crippen LogP contribution in [0.5, 0.6) is 17.2 Å². The van der Waals surface area contributed by atoms with Gasteiger partial charge in [-0.1, -0.05) is 55.4 Å². The van der Waals surface area contributed by atoms with Gasteiger partial charge in [0, 0.05) is 11.6 Å². The maximum absolute atomic E-state index is 12.6. The summed E-state index contributed by atoms with van der Waals surface area (Å²) in [5.74, 6) is 0.111. The van der Waals surface area contributed by atoms with E-state index in [2.05, 4.69) is 39.8 Å². The fourth-order valence-corrected chi connectivity index (χ4v) is 4.37. The highest BCUT2D eigenvalue weighted by Gasteiger charge is 2.26. The Hall–Kier alpha value is -3.54. The number of hydrogen-bond acceptors (Lipinski definition) is 6. The van der Waals surface area contributed by atoms with Crippen LogP contribution in [0.3, 0.4) is 0 Å². The van der Waals surface area contributed by atoms with Gasteiger partial charge in [-0.25, -0.2) is 4.79 Å². The highest BCUT2D eigenvalue weighted by molar-refractivity contribution is 5.99. The molecule has 0 unspecified atom stereocenters. The summed E-state index contributed by atoms with van der Waals surface area (Å²) in [6, 6.07) is 3.05. The van der Waals surface area contributed by atoms with E-state index in [9.17, 15) is 9.59 Å². The molecule has 0 aromatic heterocycles. The predicted molar refractivity (Wildman–Crippen MR) is 148 cm³/mol. The minimum atomic E-state index is -0.592. The Morgan fingerprint density at radius 3 is 2.19 bits per heavy atom. The number of rotatable bonds is 11. The van der Waals surface area contributed by atoms with E-state index in [1.165, 1.54) is 69.9 Å². The van der Waals surface area contributed by atoms with Crippen molar-refractivity contribution in [2.24, 2.45) is 5.41 Å². The fourth-order valence-electron chi connectivity index (χ4n) is 4.37. The van der Waals surface area contributed by atoms with Crippen molar-refractivity contribution in [3.8, 4) is 17.2 Å². The molecule has 0 aliphatic heterocycles. The van der Waals surface area contributed by atoms with Gasteiger partial charge < -0.3 is 18.9 Å². The molecule has 0 radical (unpaired) electrons. The number of Topliss-reactive ketones (excluding diaryl/α,β-unsaturated/α-hetero) is 1. The fraction of sp³-hybridized carbons (Fsp3) is 0.419. The number of allylic oxidation sites excluding steroid dienone is 9. The molecule has 6 heteroatoms. The monoisotopic (exact) mass is 508 g/mol. The van der Waals surface area contributed by atoms with Crippen LogP contribution in [0.1, 0.15) is 64.2 Å². The van der Waals surface area contributed by atoms with Gasteiger partial charge in [-0.15, -0.1) is 0 Å². The summed E-state index contributed by atoms with van der Waals surface area (Å²) in [6.45, 7) is 10.3. The first-order chi connectivity index (χ1) is 17.5. The van der Waals surface area contributed by atoms with E-state index in [1.807, 2.05) is 18.2 Å². The summed E-state index contributed by atoms with van der Waals surface area (Å²) in [7, 11) is 4.42. The van der Waals surface area contributed by atoms with Gasteiger partial charge in [0.15, 0.2) is 18.1 Å². The average Bonchev–Trinajstić information content (AvgIpc) is 2.85. The lowest BCUT2D eigenvalue weighted by Crippen LogP contribution is -2.19. The first-order valence-electron chi connectivity index (χ1n) is 12.4. The molecular formula is C31H40O6. The first kappa shape index (κ1) is 29.7. The Morgan fingerprint density at radius 2 is 1.62 bits per heavy atom. The van der Waals surface area contributed by atoms with E-state index >= 15 is 0 Å². The Kier molecular flexibility index (Phi) is 11.0. The standard InChI is InChI=1S/C31H40O6/c1-21(14-15-25-23(3)13-10-16-31(25,4)5)11-9-12-22(2)17-29(33)37-20-26(32)24-18-27(34-6)30(36-8)28(19-24)35-7/h9,11-12,14-15,17-19H,10,13,16,20H2,1-8H3/b12-9+,15-14+,21-11+,22-17+. The molecule has 0 saturated carbocycles. The second-order valence-electron chi connectivity index (χ2n) is 9.87. The van der Waals surface area contributed by atoms with Crippen LogP contribution < -0.4 is 14.2 Å². The molecule has 1 aromatic carbocycles. The van der Waals surface area contributed by atoms with Gasteiger partial charge in [0.25, 0.3) is 0 Å². The van der Waals surface area contributed by atoms with Crippen molar-refractivity contribution >= 4 is 11.8 Å². The molecule has 0 atom stereocenters. The lowest BCUT2D eigenvalue weighted by Gasteiger charge is -2.32. The van der Waals surface area contributed by atoms with Gasteiger partial charge >= 0.3 is 5.97 Å². The van der Waals surface area contributed by atoms with Crippen molar-refractivity contribution in [1.29, 1.82) is 0 Å². The molecule has 37 heavy (non-hydrogen) atoms. The second-order valence-corrected chi connectivity index (χ2v) is 9.87. The Morgan fingerprint density at radius 1 is 0.973 bits per heavy atom. The largest absolute Gasteiger partial charge is 0.493 e. The number of methoxy groups -OCH3 is 3. The van der Waals surface area contributed by atoms with Gasteiger partial charge in [-0.2, -0.15) is 0 Å². The van der Waals surface area contributed by atoms with Crippen LogP contribution in [0.25, 0.3) is 0 Å². The molecule has 0 bridgehead atoms. The maximum Gasteiger partial charge on any atom is 0.331 e. The topological polar surface area (TPSA) is 71.1 Å². The number of ether oxygens (including phenoxy) is 4. The third-order valence-corrected chi connectivity index (χ3v) is 6.45. The minimum absolute atomic E-state index is 0.210. The van der Waals surface area contributed by atoms with Crippen molar-refractivity contribution in [2.45, 2.75) is 53.9 Å². The van der Waals surface area contributed by atoms with Crippen molar-refractivity contribution in [3.63, 3.8) is 0 Å². The van der Waals surface area contributed by atoms with E-state index < -0.39 is 12.6 Å². The molecule has 2 rings (SSSR count). The van der Waals surface area contributed by atoms with E-state index in [1.54, 1.807) is 6.92 Å². The maximum atomic E-state index is 12.6. The van der Waals surface area contributed by atoms with Crippen LogP contribution in [0.4, 0.5) is 0 Å². The van der Waals surface area contributed by atoms with E-state index in [4.69, 9.17) is 18.9 Å². The quantitative estimate of drug-likeness (QED) is 0.139. The normalized spacial score (nSPS) is 16.3. The van der Waals surface area contributed by atoms with Gasteiger partial charge in [-0.05, 0) is 68.7 Å². The van der Waals surface area contributed by atoms with Crippen LogP contribution in [0.15, 0.2) is 70.9 Å². The molecule has 0 amide bonds. The zero-order valence-corrected chi connectivity index (χ0v) is 23.4. The van der Waals surface area contributed by atoms with Crippen molar-refractivity contribution in [3.05, 3.63) is 76.4 Å². The lowest BCUT2D eigenvalue weighted by molar-refractivity contribution is -0.136. The SMILES string of the molecule is COc1cc(C(=O)COC(=O)/C=C(C)/C=C/C=C(C)/C=C/C2=C(C)CCCC2(C)C)cc(OC)c1OC. The molecule has 0 N–H and O–H groups in total. The van der Waals surface area contributed by atoms with Crippen molar-refractivity contribution in [1.82, 2.24) is 0 Å². The smallest absolute Gasteiger partial charge is 0.331 e. The highest BCUT2D eigenvalue weighted by Crippen LogP contribution is 2.41. The Labute approximate surface area is 221 Å². The number of esters is 1. The molecule has 1 aliphatic carbocycles. The highest BCUT2D eigenvalue weighted by atomic mass is 16.5. The summed E-state index contributed by atoms with van der Waals surface area (Å²) in [5, 5.41) is 0. The van der Waals surface area contributed by atoms with E-state index in [0.717, 1.165) is 5.57 Å². The zero-order chi connectivity index (χ0) is 27.6. The van der Waals surface area contributed by atoms with Crippen LogP contribution in [0, 0.1) is 5.41 Å². The average molecular weight is 509 g/mol. The Balaban J connectivity index is 1.97. The summed E-state index contributed by atoms with van der Waals surface area (Å²) in [4.78, 5) is 24.8. The van der Waals surface area contributed by atoms with Gasteiger partial charge in [0.05, 0.1) is 21.3 Å². The summed E-state index contributed by atoms with van der Waals surface area (Å²) < 4.78 is 21.0. The number of carbonyl (C=O) groups excluding carboxylic acids is 2. The first-order valence-corrected chi connectivity index (χ1v) is 12.4. The number of benzene rings is 1. The van der Waals surface area contributed by atoms with Crippen LogP contribution in [0.2, 0.25) is 0 Å². The molecule has 0 fully saturated rings. The number of ketones is 1. The molecule has 6 nitrogen and oxygen atoms in total. The predicted octanol–water partition coefficient (Wildman–Crippen LogP) is 6.97. The second kappa shape index (κ2) is 13.7. The molecular weight excluding hydrogens is 468 g/mol. The zero-order valence-electron chi connectivity index (χ0n) is 23.4. The Bertz CT molecular complexity index is 1120. The van der Waals surface area contributed by atoms with Crippen molar-refractivity contribution in [2.75, 3.05) is 27.9 Å². The third-order valence-electron chi connectivity index (χ3n) is 6.45. The molecule has 1 aliphatic rings. The van der Waals surface area contributed by atoms with Gasteiger partial charge in [0.1, 0.15) is 0 Å². The number of carbonyl (C=O) groups is 2. The molecule has 200 valence electrons. The van der Waals surface area contributed by atoms with E-state index in [0.29, 0.717) is 28.4 Å². The third kappa shape index (κ3) is 8.52. The van der Waals surface area contributed by atoms with Crippen molar-refractivity contribution < 1.29 is 28.5 Å². The minimum Gasteiger partial charge on any atom is -0.493 e. The summed E-state index contributed by atoms with van der Waals surface area (Å²) in [6.07, 6.45) is 15.1. The van der Waals surface area contributed by atoms with E-state index in [-0.39, 0.29) is 11.2 Å². The molecule has 0 saturated heterocycles.